The number of halogens is 1. The highest BCUT2D eigenvalue weighted by molar-refractivity contribution is 7.90. The zero-order valence-electron chi connectivity index (χ0n) is 16.0. The number of ether oxygens (including phenoxy) is 1. The number of nitrogens with one attached hydrogen (secondary N) is 2. The first-order valence-electron chi connectivity index (χ1n) is 8.68. The van der Waals surface area contributed by atoms with Gasteiger partial charge in [0, 0.05) is 17.8 Å². The number of sulfone groups is 1. The van der Waals surface area contributed by atoms with Gasteiger partial charge >= 0.3 is 0 Å². The number of fused-ring (bicyclic) bond motifs is 1. The van der Waals surface area contributed by atoms with Crippen LogP contribution < -0.4 is 15.8 Å². The summed E-state index contributed by atoms with van der Waals surface area (Å²) in [5.74, 6) is 0.248. The Morgan fingerprint density at radius 3 is 2.70 bits per heavy atom. The number of nitrogens with two attached hydrogens (primary N) is 1. The van der Waals surface area contributed by atoms with Crippen LogP contribution in [0.4, 0.5) is 21.8 Å². The standard InChI is InChI=1S/C19H17FN6O3S/c1-29-16-6-4-11(30(2,27)28)8-15(16)23-19-22-9-13(18(21)24-19)17-12-7-10(20)3-5-14(12)25-26-17/h3-9H,1-2H3,(H,25,26)(H3,21,22,23,24). The van der Waals surface area contributed by atoms with Crippen LogP contribution in [0.5, 0.6) is 5.75 Å². The Hall–Kier alpha value is -3.73. The number of rotatable bonds is 5. The van der Waals surface area contributed by atoms with Crippen LogP contribution >= 0.6 is 0 Å². The second-order valence-corrected chi connectivity index (χ2v) is 8.53. The van der Waals surface area contributed by atoms with Crippen LogP contribution in [0.2, 0.25) is 0 Å². The third-order valence-corrected chi connectivity index (χ3v) is 5.55. The van der Waals surface area contributed by atoms with Gasteiger partial charge in [-0.05, 0) is 36.4 Å². The Morgan fingerprint density at radius 1 is 1.20 bits per heavy atom. The number of nitrogens with zero attached hydrogens (tertiary/aromatic N) is 3. The van der Waals surface area contributed by atoms with Crippen LogP contribution in [-0.4, -0.2) is 41.9 Å². The van der Waals surface area contributed by atoms with Gasteiger partial charge in [0.1, 0.15) is 23.1 Å². The minimum Gasteiger partial charge on any atom is -0.495 e. The lowest BCUT2D eigenvalue weighted by Crippen LogP contribution is -2.05. The lowest BCUT2D eigenvalue weighted by Gasteiger charge is -2.12. The lowest BCUT2D eigenvalue weighted by molar-refractivity contribution is 0.416. The molecule has 0 radical (unpaired) electrons. The molecule has 4 rings (SSSR count). The van der Waals surface area contributed by atoms with Gasteiger partial charge in [-0.25, -0.2) is 17.8 Å². The van der Waals surface area contributed by atoms with E-state index in [4.69, 9.17) is 10.5 Å². The minimum absolute atomic E-state index is 0.111. The van der Waals surface area contributed by atoms with Crippen molar-refractivity contribution in [1.29, 1.82) is 0 Å². The van der Waals surface area contributed by atoms with Crippen molar-refractivity contribution in [3.8, 4) is 17.0 Å². The molecule has 0 bridgehead atoms. The van der Waals surface area contributed by atoms with Crippen LogP contribution in [0.3, 0.4) is 0 Å². The molecule has 2 aromatic heterocycles. The van der Waals surface area contributed by atoms with Gasteiger partial charge < -0.3 is 15.8 Å². The molecular formula is C19H17FN6O3S. The Kier molecular flexibility index (Phi) is 4.74. The molecule has 0 saturated heterocycles. The maximum atomic E-state index is 13.6. The molecule has 30 heavy (non-hydrogen) atoms. The fourth-order valence-corrected chi connectivity index (χ4v) is 3.61. The first kappa shape index (κ1) is 19.6. The van der Waals surface area contributed by atoms with E-state index in [1.807, 2.05) is 0 Å². The Bertz CT molecular complexity index is 1370. The van der Waals surface area contributed by atoms with Crippen LogP contribution in [-0.2, 0) is 9.84 Å². The molecular weight excluding hydrogens is 411 g/mol. The molecule has 0 spiro atoms. The first-order valence-corrected chi connectivity index (χ1v) is 10.6. The van der Waals surface area contributed by atoms with Crippen LogP contribution in [0.25, 0.3) is 22.2 Å². The number of methoxy groups -OCH3 is 1. The predicted octanol–water partition coefficient (Wildman–Crippen LogP) is 2.90. The van der Waals surface area contributed by atoms with Crippen molar-refractivity contribution in [2.75, 3.05) is 24.4 Å². The number of aromatic nitrogens is 4. The summed E-state index contributed by atoms with van der Waals surface area (Å²) in [5, 5.41) is 10.5. The number of hydrogen-bond donors (Lipinski definition) is 3. The van der Waals surface area contributed by atoms with Crippen molar-refractivity contribution < 1.29 is 17.5 Å². The summed E-state index contributed by atoms with van der Waals surface area (Å²) in [6.45, 7) is 0. The summed E-state index contributed by atoms with van der Waals surface area (Å²) in [7, 11) is -1.96. The number of hydrogen-bond acceptors (Lipinski definition) is 8. The van der Waals surface area contributed by atoms with E-state index >= 15 is 0 Å². The molecule has 0 atom stereocenters. The minimum atomic E-state index is -3.41. The number of nitrogen functional groups attached to an aromatic ring is 1. The summed E-state index contributed by atoms with van der Waals surface area (Å²) in [4.78, 5) is 8.57. The van der Waals surface area contributed by atoms with E-state index in [0.29, 0.717) is 33.6 Å². The SMILES string of the molecule is COc1ccc(S(C)(=O)=O)cc1Nc1ncc(-c2n[nH]c3ccc(F)cc23)c(N)n1. The average Bonchev–Trinajstić information content (AvgIpc) is 3.10. The molecule has 0 aliphatic heterocycles. The molecule has 154 valence electrons. The van der Waals surface area contributed by atoms with E-state index in [2.05, 4.69) is 25.5 Å². The third kappa shape index (κ3) is 3.62. The largest absolute Gasteiger partial charge is 0.495 e. The van der Waals surface area contributed by atoms with Crippen molar-refractivity contribution in [2.24, 2.45) is 0 Å². The molecule has 0 saturated carbocycles. The second kappa shape index (κ2) is 7.26. The molecule has 0 amide bonds. The summed E-state index contributed by atoms with van der Waals surface area (Å²) in [6.07, 6.45) is 2.57. The maximum absolute atomic E-state index is 13.6. The van der Waals surface area contributed by atoms with Gasteiger partial charge in [-0.2, -0.15) is 10.1 Å². The highest BCUT2D eigenvalue weighted by Gasteiger charge is 2.16. The number of anilines is 3. The Balaban J connectivity index is 1.71. The molecule has 9 nitrogen and oxygen atoms in total. The van der Waals surface area contributed by atoms with Gasteiger partial charge in [-0.1, -0.05) is 0 Å². The van der Waals surface area contributed by atoms with Crippen molar-refractivity contribution in [3.63, 3.8) is 0 Å². The van der Waals surface area contributed by atoms with E-state index in [-0.39, 0.29) is 16.7 Å². The van der Waals surface area contributed by atoms with Gasteiger partial charge in [-0.15, -0.1) is 0 Å². The number of aromatic amines is 1. The van der Waals surface area contributed by atoms with Crippen LogP contribution in [0, 0.1) is 5.82 Å². The highest BCUT2D eigenvalue weighted by Crippen LogP contribution is 2.32. The zero-order chi connectivity index (χ0) is 21.5. The van der Waals surface area contributed by atoms with Crippen molar-refractivity contribution >= 4 is 38.2 Å². The average molecular weight is 428 g/mol. The fourth-order valence-electron chi connectivity index (χ4n) is 2.97. The van der Waals surface area contributed by atoms with Gasteiger partial charge in [0.2, 0.25) is 5.95 Å². The number of H-pyrrole nitrogens is 1. The summed E-state index contributed by atoms with van der Waals surface area (Å²) >= 11 is 0. The molecule has 0 fully saturated rings. The molecule has 2 heterocycles. The summed E-state index contributed by atoms with van der Waals surface area (Å²) in [5.41, 5.74) is 7.96. The second-order valence-electron chi connectivity index (χ2n) is 6.51. The smallest absolute Gasteiger partial charge is 0.229 e. The molecule has 4 aromatic rings. The first-order chi connectivity index (χ1) is 14.3. The molecule has 0 aliphatic carbocycles. The van der Waals surface area contributed by atoms with E-state index in [1.165, 1.54) is 43.6 Å². The topological polar surface area (TPSA) is 136 Å². The zero-order valence-corrected chi connectivity index (χ0v) is 16.8. The van der Waals surface area contributed by atoms with Crippen molar-refractivity contribution in [3.05, 3.63) is 48.4 Å². The Labute approximate surface area is 171 Å². The fraction of sp³-hybridized carbons (Fsp3) is 0.105. The quantitative estimate of drug-likeness (QED) is 0.441. The molecule has 2 aromatic carbocycles. The van der Waals surface area contributed by atoms with E-state index in [9.17, 15) is 12.8 Å². The van der Waals surface area contributed by atoms with Gasteiger partial charge in [0.25, 0.3) is 0 Å². The van der Waals surface area contributed by atoms with E-state index < -0.39 is 15.7 Å². The lowest BCUT2D eigenvalue weighted by atomic mass is 10.1. The van der Waals surface area contributed by atoms with E-state index in [1.54, 1.807) is 6.07 Å². The van der Waals surface area contributed by atoms with Gasteiger partial charge in [0.05, 0.1) is 28.8 Å². The van der Waals surface area contributed by atoms with Crippen molar-refractivity contribution in [1.82, 2.24) is 20.2 Å². The normalized spacial score (nSPS) is 11.6. The molecule has 0 aliphatic rings. The summed E-state index contributed by atoms with van der Waals surface area (Å²) < 4.78 is 42.6. The molecule has 0 unspecified atom stereocenters. The summed E-state index contributed by atoms with van der Waals surface area (Å²) in [6, 6.07) is 8.65. The maximum Gasteiger partial charge on any atom is 0.229 e. The molecule has 4 N–H and O–H groups in total. The van der Waals surface area contributed by atoms with Gasteiger partial charge in [0.15, 0.2) is 9.84 Å². The van der Waals surface area contributed by atoms with Crippen molar-refractivity contribution in [2.45, 2.75) is 4.90 Å². The predicted molar refractivity (Wildman–Crippen MR) is 111 cm³/mol. The van der Waals surface area contributed by atoms with Crippen LogP contribution in [0.1, 0.15) is 0 Å². The Morgan fingerprint density at radius 2 is 2.00 bits per heavy atom. The monoisotopic (exact) mass is 428 g/mol. The van der Waals surface area contributed by atoms with Crippen LogP contribution in [0.15, 0.2) is 47.5 Å². The third-order valence-electron chi connectivity index (χ3n) is 4.44. The molecule has 11 heteroatoms. The van der Waals surface area contributed by atoms with E-state index in [0.717, 1.165) is 6.26 Å². The number of benzene rings is 2. The highest BCUT2D eigenvalue weighted by atomic mass is 32.2. The van der Waals surface area contributed by atoms with Gasteiger partial charge in [-0.3, -0.25) is 5.10 Å².